The molecule has 0 aliphatic heterocycles. The van der Waals surface area contributed by atoms with E-state index in [1.165, 1.54) is 11.6 Å². The second kappa shape index (κ2) is 12.9. The summed E-state index contributed by atoms with van der Waals surface area (Å²) in [6, 6.07) is 24.8. The fraction of sp³-hybridized carbons (Fsp3) is 0.214. The lowest BCUT2D eigenvalue weighted by atomic mass is 10.1. The van der Waals surface area contributed by atoms with Crippen LogP contribution in [0.3, 0.4) is 0 Å². The van der Waals surface area contributed by atoms with Crippen LogP contribution in [0.15, 0.2) is 84.9 Å². The highest BCUT2D eigenvalue weighted by Gasteiger charge is 2.09. The average Bonchev–Trinajstić information content (AvgIpc) is 2.84. The fourth-order valence-corrected chi connectivity index (χ4v) is 3.27. The van der Waals surface area contributed by atoms with Gasteiger partial charge < -0.3 is 14.8 Å². The van der Waals surface area contributed by atoms with Crippen molar-refractivity contribution in [1.29, 1.82) is 0 Å². The van der Waals surface area contributed by atoms with Crippen molar-refractivity contribution in [3.8, 4) is 5.75 Å². The van der Waals surface area contributed by atoms with E-state index in [0.29, 0.717) is 30.0 Å². The Morgan fingerprint density at radius 1 is 0.879 bits per heavy atom. The van der Waals surface area contributed by atoms with Crippen LogP contribution < -0.4 is 10.1 Å². The molecular formula is C28H29NO4. The molecule has 0 aromatic heterocycles. The molecule has 0 aliphatic carbocycles. The molecule has 3 rings (SSSR count). The van der Waals surface area contributed by atoms with Crippen LogP contribution >= 0.6 is 0 Å². The van der Waals surface area contributed by atoms with Crippen LogP contribution in [-0.2, 0) is 16.0 Å². The number of hydrogen-bond donors (Lipinski definition) is 1. The maximum absolute atomic E-state index is 12.7. The Balaban J connectivity index is 1.49. The van der Waals surface area contributed by atoms with Crippen molar-refractivity contribution in [1.82, 2.24) is 0 Å². The van der Waals surface area contributed by atoms with Crippen molar-refractivity contribution in [2.24, 2.45) is 0 Å². The Morgan fingerprint density at radius 3 is 2.36 bits per heavy atom. The van der Waals surface area contributed by atoms with Gasteiger partial charge in [-0.3, -0.25) is 4.79 Å². The maximum atomic E-state index is 12.7. The normalized spacial score (nSPS) is 10.7. The molecule has 3 aromatic carbocycles. The van der Waals surface area contributed by atoms with E-state index in [-0.39, 0.29) is 5.91 Å². The van der Waals surface area contributed by atoms with Crippen molar-refractivity contribution >= 4 is 23.6 Å². The SMILES string of the molecule is CCOC(=O)/C=C/c1ccccc1NC(=O)c1ccc(OCCCCc2ccccc2)cc1. The summed E-state index contributed by atoms with van der Waals surface area (Å²) in [4.78, 5) is 24.3. The topological polar surface area (TPSA) is 64.6 Å². The summed E-state index contributed by atoms with van der Waals surface area (Å²) >= 11 is 0. The van der Waals surface area contributed by atoms with Crippen LogP contribution in [0.5, 0.6) is 5.75 Å². The lowest BCUT2D eigenvalue weighted by Crippen LogP contribution is -2.12. The number of ether oxygens (including phenoxy) is 2. The first-order valence-electron chi connectivity index (χ1n) is 11.2. The number of anilines is 1. The van der Waals surface area contributed by atoms with Crippen LogP contribution in [0.4, 0.5) is 5.69 Å². The quantitative estimate of drug-likeness (QED) is 0.227. The molecule has 0 spiro atoms. The van der Waals surface area contributed by atoms with E-state index in [4.69, 9.17) is 9.47 Å². The Hall–Kier alpha value is -3.86. The lowest BCUT2D eigenvalue weighted by Gasteiger charge is -2.10. The molecule has 0 saturated carbocycles. The minimum absolute atomic E-state index is 0.235. The summed E-state index contributed by atoms with van der Waals surface area (Å²) in [7, 11) is 0. The fourth-order valence-electron chi connectivity index (χ4n) is 3.27. The van der Waals surface area contributed by atoms with Gasteiger partial charge in [0.05, 0.1) is 13.2 Å². The van der Waals surface area contributed by atoms with Gasteiger partial charge in [-0.1, -0.05) is 48.5 Å². The van der Waals surface area contributed by atoms with E-state index < -0.39 is 5.97 Å². The number of para-hydroxylation sites is 1. The van der Waals surface area contributed by atoms with Crippen LogP contribution in [0, 0.1) is 0 Å². The smallest absolute Gasteiger partial charge is 0.330 e. The van der Waals surface area contributed by atoms with Gasteiger partial charge in [0.2, 0.25) is 0 Å². The third-order valence-corrected chi connectivity index (χ3v) is 4.98. The standard InChI is InChI=1S/C28H29NO4/c1-2-32-27(30)20-17-23-13-6-7-14-26(23)29-28(31)24-15-18-25(19-16-24)33-21-9-8-12-22-10-4-3-5-11-22/h3-7,10-11,13-20H,2,8-9,12,21H2,1H3,(H,29,31)/b20-17+. The number of nitrogens with one attached hydrogen (secondary N) is 1. The molecule has 0 fully saturated rings. The van der Waals surface area contributed by atoms with Crippen LogP contribution in [-0.4, -0.2) is 25.1 Å². The lowest BCUT2D eigenvalue weighted by molar-refractivity contribution is -0.137. The van der Waals surface area contributed by atoms with Gasteiger partial charge in [0, 0.05) is 17.3 Å². The number of unbranched alkanes of at least 4 members (excludes halogenated alkanes) is 1. The number of rotatable bonds is 11. The molecule has 0 bridgehead atoms. The van der Waals surface area contributed by atoms with Gasteiger partial charge >= 0.3 is 5.97 Å². The van der Waals surface area contributed by atoms with Crippen molar-refractivity contribution in [2.75, 3.05) is 18.5 Å². The summed E-state index contributed by atoms with van der Waals surface area (Å²) in [6.07, 6.45) is 6.05. The Bertz CT molecular complexity index is 1060. The minimum Gasteiger partial charge on any atom is -0.494 e. The molecular weight excluding hydrogens is 414 g/mol. The number of esters is 1. The number of amides is 1. The van der Waals surface area contributed by atoms with Gasteiger partial charge in [0.15, 0.2) is 0 Å². The van der Waals surface area contributed by atoms with E-state index in [2.05, 4.69) is 29.6 Å². The van der Waals surface area contributed by atoms with Gasteiger partial charge in [-0.15, -0.1) is 0 Å². The van der Waals surface area contributed by atoms with E-state index in [9.17, 15) is 9.59 Å². The molecule has 0 aliphatic rings. The molecule has 5 heteroatoms. The highest BCUT2D eigenvalue weighted by molar-refractivity contribution is 6.05. The van der Waals surface area contributed by atoms with E-state index in [1.54, 1.807) is 43.3 Å². The first kappa shape index (κ1) is 23.8. The summed E-state index contributed by atoms with van der Waals surface area (Å²) < 4.78 is 10.7. The largest absolute Gasteiger partial charge is 0.494 e. The summed E-state index contributed by atoms with van der Waals surface area (Å²) in [5, 5.41) is 2.89. The van der Waals surface area contributed by atoms with E-state index >= 15 is 0 Å². The van der Waals surface area contributed by atoms with Crippen molar-refractivity contribution < 1.29 is 19.1 Å². The molecule has 0 heterocycles. The highest BCUT2D eigenvalue weighted by atomic mass is 16.5. The van der Waals surface area contributed by atoms with Gasteiger partial charge in [0.1, 0.15) is 5.75 Å². The molecule has 0 atom stereocenters. The molecule has 1 N–H and O–H groups in total. The third kappa shape index (κ3) is 7.96. The molecule has 3 aromatic rings. The molecule has 0 saturated heterocycles. The molecule has 1 amide bonds. The van der Waals surface area contributed by atoms with Crippen molar-refractivity contribution in [3.63, 3.8) is 0 Å². The Kier molecular flexibility index (Phi) is 9.28. The van der Waals surface area contributed by atoms with Gasteiger partial charge in [-0.2, -0.15) is 0 Å². The Labute approximate surface area is 195 Å². The number of carbonyl (C=O) groups is 2. The summed E-state index contributed by atoms with van der Waals surface area (Å²) in [5.74, 6) is 0.0831. The molecule has 0 radical (unpaired) electrons. The summed E-state index contributed by atoms with van der Waals surface area (Å²) in [5.41, 5.74) is 3.19. The zero-order valence-corrected chi connectivity index (χ0v) is 18.8. The molecule has 5 nitrogen and oxygen atoms in total. The van der Waals surface area contributed by atoms with E-state index in [1.807, 2.05) is 24.3 Å². The first-order chi connectivity index (χ1) is 16.2. The van der Waals surface area contributed by atoms with E-state index in [0.717, 1.165) is 25.0 Å². The maximum Gasteiger partial charge on any atom is 0.330 e. The van der Waals surface area contributed by atoms with Gasteiger partial charge in [-0.05, 0) is 73.7 Å². The zero-order chi connectivity index (χ0) is 23.3. The number of hydrogen-bond acceptors (Lipinski definition) is 4. The van der Waals surface area contributed by atoms with Crippen LogP contribution in [0.25, 0.3) is 6.08 Å². The number of benzene rings is 3. The van der Waals surface area contributed by atoms with Crippen LogP contribution in [0.2, 0.25) is 0 Å². The first-order valence-corrected chi connectivity index (χ1v) is 11.2. The summed E-state index contributed by atoms with van der Waals surface area (Å²) in [6.45, 7) is 2.70. The van der Waals surface area contributed by atoms with Gasteiger partial charge in [0.25, 0.3) is 5.91 Å². The monoisotopic (exact) mass is 443 g/mol. The minimum atomic E-state index is -0.422. The van der Waals surface area contributed by atoms with Gasteiger partial charge in [-0.25, -0.2) is 4.79 Å². The average molecular weight is 444 g/mol. The highest BCUT2D eigenvalue weighted by Crippen LogP contribution is 2.19. The molecule has 33 heavy (non-hydrogen) atoms. The van der Waals surface area contributed by atoms with Crippen LogP contribution in [0.1, 0.15) is 41.3 Å². The zero-order valence-electron chi connectivity index (χ0n) is 18.8. The Morgan fingerprint density at radius 2 is 1.61 bits per heavy atom. The molecule has 0 unspecified atom stereocenters. The van der Waals surface area contributed by atoms with Crippen molar-refractivity contribution in [3.05, 3.63) is 102 Å². The second-order valence-corrected chi connectivity index (χ2v) is 7.44. The molecule has 170 valence electrons. The predicted octanol–water partition coefficient (Wildman–Crippen LogP) is 5.92. The second-order valence-electron chi connectivity index (χ2n) is 7.44. The predicted molar refractivity (Wildman–Crippen MR) is 131 cm³/mol. The number of carbonyl (C=O) groups excluding carboxylic acids is 2. The number of aryl methyl sites for hydroxylation is 1. The third-order valence-electron chi connectivity index (χ3n) is 4.98. The van der Waals surface area contributed by atoms with Crippen molar-refractivity contribution in [2.45, 2.75) is 26.2 Å².